The Morgan fingerprint density at radius 1 is 1.52 bits per heavy atom. The van der Waals surface area contributed by atoms with Crippen molar-refractivity contribution in [3.8, 4) is 5.88 Å². The number of rotatable bonds is 4. The molecular weight excluding hydrogens is 324 g/mol. The summed E-state index contributed by atoms with van der Waals surface area (Å²) in [6.07, 6.45) is -2.25. The standard InChI is InChI=1S/C13H18N4O5S/c1-5(2)21-11-9-10(15-12(14)16-11)17(13(20)23-9)8-3-6(19)7(4-18)22-8/h5-8,18-19H,3-4H2,1-2H3,(H2,14,15,16)/t6-,7+,8?/m0/s1. The summed E-state index contributed by atoms with van der Waals surface area (Å²) in [5.74, 6) is 0.234. The molecule has 3 atom stereocenters. The number of nitrogens with two attached hydrogens (primary N) is 1. The molecular formula is C13H18N4O5S. The van der Waals surface area contributed by atoms with E-state index in [9.17, 15) is 15.0 Å². The molecule has 0 bridgehead atoms. The number of aliphatic hydroxyl groups is 2. The van der Waals surface area contributed by atoms with E-state index in [1.807, 2.05) is 13.8 Å². The highest BCUT2D eigenvalue weighted by Crippen LogP contribution is 2.33. The Morgan fingerprint density at radius 3 is 2.87 bits per heavy atom. The first-order valence-corrected chi connectivity index (χ1v) is 8.02. The highest BCUT2D eigenvalue weighted by atomic mass is 32.1. The van der Waals surface area contributed by atoms with Gasteiger partial charge in [-0.2, -0.15) is 9.97 Å². The van der Waals surface area contributed by atoms with Crippen LogP contribution in [0.4, 0.5) is 5.95 Å². The molecule has 1 aliphatic heterocycles. The fourth-order valence-electron chi connectivity index (χ4n) is 2.50. The summed E-state index contributed by atoms with van der Waals surface area (Å²) in [5.41, 5.74) is 6.02. The summed E-state index contributed by atoms with van der Waals surface area (Å²) in [5, 5.41) is 19.1. The number of fused-ring (bicyclic) bond motifs is 1. The van der Waals surface area contributed by atoms with Crippen LogP contribution in [0.1, 0.15) is 26.5 Å². The van der Waals surface area contributed by atoms with Gasteiger partial charge in [0.2, 0.25) is 11.8 Å². The highest BCUT2D eigenvalue weighted by molar-refractivity contribution is 7.16. The van der Waals surface area contributed by atoms with Crippen molar-refractivity contribution in [1.82, 2.24) is 14.5 Å². The van der Waals surface area contributed by atoms with Crippen LogP contribution in [0.15, 0.2) is 4.79 Å². The van der Waals surface area contributed by atoms with E-state index in [0.29, 0.717) is 10.3 Å². The minimum atomic E-state index is -0.850. The first kappa shape index (κ1) is 16.1. The van der Waals surface area contributed by atoms with Crippen LogP contribution in [0.2, 0.25) is 0 Å². The number of hydrogen-bond donors (Lipinski definition) is 3. The van der Waals surface area contributed by atoms with Gasteiger partial charge < -0.3 is 25.4 Å². The van der Waals surface area contributed by atoms with Crippen molar-refractivity contribution in [3.63, 3.8) is 0 Å². The number of aromatic nitrogens is 3. The summed E-state index contributed by atoms with van der Waals surface area (Å²) in [7, 11) is 0. The Kier molecular flexibility index (Phi) is 4.23. The average Bonchev–Trinajstić information content (AvgIpc) is 2.97. The van der Waals surface area contributed by atoms with E-state index in [1.54, 1.807) is 0 Å². The van der Waals surface area contributed by atoms with E-state index in [2.05, 4.69) is 9.97 Å². The quantitative estimate of drug-likeness (QED) is 0.699. The second-order valence-electron chi connectivity index (χ2n) is 5.56. The highest BCUT2D eigenvalue weighted by Gasteiger charge is 2.36. The van der Waals surface area contributed by atoms with E-state index >= 15 is 0 Å². The second-order valence-corrected chi connectivity index (χ2v) is 6.52. The zero-order valence-corrected chi connectivity index (χ0v) is 13.5. The van der Waals surface area contributed by atoms with Crippen molar-refractivity contribution >= 4 is 27.6 Å². The summed E-state index contributed by atoms with van der Waals surface area (Å²) in [6.45, 7) is 3.35. The number of aliphatic hydroxyl groups excluding tert-OH is 2. The normalized spacial score (nSPS) is 24.7. The predicted octanol–water partition coefficient (Wildman–Crippen LogP) is -0.137. The monoisotopic (exact) mass is 342 g/mol. The SMILES string of the molecule is CC(C)Oc1nc(N)nc2c1sc(=O)n2C1C[C@H](O)[C@@H](CO)O1. The van der Waals surface area contributed by atoms with Crippen LogP contribution in [0.25, 0.3) is 10.3 Å². The molecule has 0 aromatic carbocycles. The Morgan fingerprint density at radius 2 is 2.26 bits per heavy atom. The third-order valence-electron chi connectivity index (χ3n) is 3.47. The van der Waals surface area contributed by atoms with Gasteiger partial charge in [-0.3, -0.25) is 9.36 Å². The van der Waals surface area contributed by atoms with Crippen molar-refractivity contribution < 1.29 is 19.7 Å². The molecule has 9 nitrogen and oxygen atoms in total. The van der Waals surface area contributed by atoms with Gasteiger partial charge in [0.05, 0.1) is 18.8 Å². The van der Waals surface area contributed by atoms with Crippen LogP contribution < -0.4 is 15.3 Å². The van der Waals surface area contributed by atoms with Gasteiger partial charge in [0.15, 0.2) is 5.65 Å². The molecule has 3 heterocycles. The molecule has 0 aliphatic carbocycles. The fourth-order valence-corrected chi connectivity index (χ4v) is 3.40. The Balaban J connectivity index is 2.10. The topological polar surface area (TPSA) is 133 Å². The molecule has 10 heteroatoms. The van der Waals surface area contributed by atoms with Crippen LogP contribution in [-0.2, 0) is 4.74 Å². The van der Waals surface area contributed by atoms with Crippen LogP contribution in [0.5, 0.6) is 5.88 Å². The number of anilines is 1. The Bertz CT molecular complexity index is 774. The molecule has 1 aliphatic rings. The number of nitrogens with zero attached hydrogens (tertiary/aromatic N) is 3. The second kappa shape index (κ2) is 6.04. The molecule has 1 saturated heterocycles. The van der Waals surface area contributed by atoms with Crippen molar-refractivity contribution in [3.05, 3.63) is 9.67 Å². The fraction of sp³-hybridized carbons (Fsp3) is 0.615. The van der Waals surface area contributed by atoms with Crippen LogP contribution >= 0.6 is 11.3 Å². The van der Waals surface area contributed by atoms with E-state index in [1.165, 1.54) is 4.57 Å². The average molecular weight is 342 g/mol. The van der Waals surface area contributed by atoms with Gasteiger partial charge in [-0.05, 0) is 13.8 Å². The van der Waals surface area contributed by atoms with E-state index < -0.39 is 18.4 Å². The molecule has 2 aromatic heterocycles. The number of nitrogen functional groups attached to an aromatic ring is 1. The Labute approximate surface area is 135 Å². The predicted molar refractivity (Wildman–Crippen MR) is 83.5 cm³/mol. The first-order chi connectivity index (χ1) is 10.9. The molecule has 0 amide bonds. The molecule has 2 aromatic rings. The van der Waals surface area contributed by atoms with Gasteiger partial charge >= 0.3 is 4.87 Å². The van der Waals surface area contributed by atoms with Gasteiger partial charge in [0.25, 0.3) is 0 Å². The summed E-state index contributed by atoms with van der Waals surface area (Å²) in [6, 6.07) is 0. The number of ether oxygens (including phenoxy) is 2. The van der Waals surface area contributed by atoms with Gasteiger partial charge in [0, 0.05) is 6.42 Å². The van der Waals surface area contributed by atoms with Crippen LogP contribution in [0, 0.1) is 0 Å². The summed E-state index contributed by atoms with van der Waals surface area (Å²) in [4.78, 5) is 20.2. The van der Waals surface area contributed by atoms with Crippen molar-refractivity contribution in [2.45, 2.75) is 44.8 Å². The van der Waals surface area contributed by atoms with Gasteiger partial charge in [-0.25, -0.2) is 0 Å². The smallest absolute Gasteiger partial charge is 0.311 e. The lowest BCUT2D eigenvalue weighted by Crippen LogP contribution is -2.25. The first-order valence-electron chi connectivity index (χ1n) is 7.20. The maximum absolute atomic E-state index is 12.4. The third-order valence-corrected chi connectivity index (χ3v) is 4.40. The minimum Gasteiger partial charge on any atom is -0.474 e. The molecule has 0 radical (unpaired) electrons. The van der Waals surface area contributed by atoms with E-state index in [4.69, 9.17) is 15.2 Å². The lowest BCUT2D eigenvalue weighted by Gasteiger charge is -2.14. The van der Waals surface area contributed by atoms with Crippen LogP contribution in [-0.4, -0.2) is 49.7 Å². The van der Waals surface area contributed by atoms with Crippen molar-refractivity contribution in [2.24, 2.45) is 0 Å². The lowest BCUT2D eigenvalue weighted by molar-refractivity contribution is -0.0437. The van der Waals surface area contributed by atoms with Crippen molar-refractivity contribution in [1.29, 1.82) is 0 Å². The summed E-state index contributed by atoms with van der Waals surface area (Å²) < 4.78 is 12.9. The zero-order chi connectivity index (χ0) is 16.7. The maximum Gasteiger partial charge on any atom is 0.311 e. The third kappa shape index (κ3) is 2.90. The largest absolute Gasteiger partial charge is 0.474 e. The van der Waals surface area contributed by atoms with E-state index in [0.717, 1.165) is 11.3 Å². The molecule has 0 saturated carbocycles. The number of thiazole rings is 1. The van der Waals surface area contributed by atoms with Gasteiger partial charge in [0.1, 0.15) is 17.0 Å². The molecule has 1 unspecified atom stereocenters. The zero-order valence-electron chi connectivity index (χ0n) is 12.7. The summed E-state index contributed by atoms with van der Waals surface area (Å²) >= 11 is 0.931. The maximum atomic E-state index is 12.4. The Hall–Kier alpha value is -1.75. The number of hydrogen-bond acceptors (Lipinski definition) is 9. The van der Waals surface area contributed by atoms with E-state index in [-0.39, 0.29) is 35.8 Å². The molecule has 126 valence electrons. The molecule has 3 rings (SSSR count). The molecule has 4 N–H and O–H groups in total. The van der Waals surface area contributed by atoms with Gasteiger partial charge in [-0.1, -0.05) is 11.3 Å². The lowest BCUT2D eigenvalue weighted by atomic mass is 10.2. The van der Waals surface area contributed by atoms with Gasteiger partial charge in [-0.15, -0.1) is 0 Å². The molecule has 0 spiro atoms. The van der Waals surface area contributed by atoms with Crippen molar-refractivity contribution in [2.75, 3.05) is 12.3 Å². The van der Waals surface area contributed by atoms with Crippen LogP contribution in [0.3, 0.4) is 0 Å². The molecule has 1 fully saturated rings. The molecule has 23 heavy (non-hydrogen) atoms. The minimum absolute atomic E-state index is 0.0167.